The quantitative estimate of drug-likeness (QED) is 0.791. The van der Waals surface area contributed by atoms with Gasteiger partial charge < -0.3 is 10.2 Å². The van der Waals surface area contributed by atoms with E-state index in [0.29, 0.717) is 19.5 Å². The van der Waals surface area contributed by atoms with Crippen molar-refractivity contribution in [1.29, 1.82) is 0 Å². The van der Waals surface area contributed by atoms with Gasteiger partial charge in [-0.05, 0) is 37.0 Å². The van der Waals surface area contributed by atoms with Crippen LogP contribution in [-0.2, 0) is 22.6 Å². The van der Waals surface area contributed by atoms with Gasteiger partial charge in [-0.3, -0.25) is 9.59 Å². The fourth-order valence-electron chi connectivity index (χ4n) is 2.83. The molecule has 0 spiro atoms. The Morgan fingerprint density at radius 2 is 1.69 bits per heavy atom. The summed E-state index contributed by atoms with van der Waals surface area (Å²) in [5.41, 5.74) is 3.10. The molecule has 0 aliphatic heterocycles. The van der Waals surface area contributed by atoms with Crippen molar-refractivity contribution in [3.05, 3.63) is 71.3 Å². The van der Waals surface area contributed by atoms with Crippen LogP contribution in [0.2, 0.25) is 0 Å². The van der Waals surface area contributed by atoms with Crippen LogP contribution in [0.5, 0.6) is 0 Å². The highest BCUT2D eigenvalue weighted by Gasteiger charge is 2.26. The molecule has 0 aromatic heterocycles. The normalized spacial score (nSPS) is 11.7. The summed E-state index contributed by atoms with van der Waals surface area (Å²) in [6, 6.07) is 17.1. The summed E-state index contributed by atoms with van der Waals surface area (Å²) in [6.45, 7) is 6.85. The summed E-state index contributed by atoms with van der Waals surface area (Å²) in [7, 11) is 0. The maximum Gasteiger partial charge on any atom is 0.242 e. The van der Waals surface area contributed by atoms with E-state index in [1.165, 1.54) is 0 Å². The van der Waals surface area contributed by atoms with Gasteiger partial charge in [0.25, 0.3) is 0 Å². The van der Waals surface area contributed by atoms with Crippen LogP contribution in [0.1, 0.15) is 37.0 Å². The molecular weight excluding hydrogens is 324 g/mol. The number of carbonyl (C=O) groups excluding carboxylic acids is 2. The first-order valence-electron chi connectivity index (χ1n) is 9.18. The van der Waals surface area contributed by atoms with Crippen LogP contribution >= 0.6 is 0 Å². The summed E-state index contributed by atoms with van der Waals surface area (Å²) in [6.07, 6.45) is 1.17. The zero-order valence-electron chi connectivity index (χ0n) is 15.9. The third-order valence-electron chi connectivity index (χ3n) is 4.52. The van der Waals surface area contributed by atoms with Gasteiger partial charge in [-0.2, -0.15) is 0 Å². The van der Waals surface area contributed by atoms with Crippen molar-refractivity contribution in [2.24, 2.45) is 0 Å². The fraction of sp³-hybridized carbons (Fsp3) is 0.364. The van der Waals surface area contributed by atoms with Crippen LogP contribution in [0.25, 0.3) is 0 Å². The van der Waals surface area contributed by atoms with Crippen molar-refractivity contribution >= 4 is 11.8 Å². The lowest BCUT2D eigenvalue weighted by atomic mass is 10.0. The van der Waals surface area contributed by atoms with Crippen LogP contribution in [0.4, 0.5) is 0 Å². The maximum atomic E-state index is 13.0. The van der Waals surface area contributed by atoms with Crippen molar-refractivity contribution in [2.75, 3.05) is 6.54 Å². The topological polar surface area (TPSA) is 49.4 Å². The summed E-state index contributed by atoms with van der Waals surface area (Å²) in [4.78, 5) is 27.2. The van der Waals surface area contributed by atoms with E-state index < -0.39 is 6.04 Å². The molecule has 2 aromatic rings. The molecule has 2 aromatic carbocycles. The number of carbonyl (C=O) groups is 2. The smallest absolute Gasteiger partial charge is 0.242 e. The van der Waals surface area contributed by atoms with Gasteiger partial charge in [-0.1, -0.05) is 61.5 Å². The molecule has 2 rings (SSSR count). The van der Waals surface area contributed by atoms with E-state index in [2.05, 4.69) is 5.32 Å². The Kier molecular flexibility index (Phi) is 7.39. The standard InChI is InChI=1S/C22H28N2O2/c1-4-14-23-22(26)18(3)24(16-19-11-6-5-7-12-19)21(25)15-20-13-9-8-10-17(20)2/h5-13,18H,4,14-16H2,1-3H3,(H,23,26)/t18-/m0/s1. The Bertz CT molecular complexity index is 728. The lowest BCUT2D eigenvalue weighted by molar-refractivity contribution is -0.140. The number of nitrogens with zero attached hydrogens (tertiary/aromatic N) is 1. The van der Waals surface area contributed by atoms with E-state index in [1.807, 2.05) is 68.4 Å². The number of aryl methyl sites for hydroxylation is 1. The van der Waals surface area contributed by atoms with Crippen molar-refractivity contribution in [2.45, 2.75) is 46.2 Å². The summed E-state index contributed by atoms with van der Waals surface area (Å²) in [5, 5.41) is 2.90. The number of hydrogen-bond acceptors (Lipinski definition) is 2. The van der Waals surface area contributed by atoms with Crippen molar-refractivity contribution in [1.82, 2.24) is 10.2 Å². The molecule has 0 saturated heterocycles. The highest BCUT2D eigenvalue weighted by molar-refractivity contribution is 5.88. The van der Waals surface area contributed by atoms with Crippen molar-refractivity contribution in [3.8, 4) is 0 Å². The van der Waals surface area contributed by atoms with Crippen LogP contribution in [-0.4, -0.2) is 29.3 Å². The van der Waals surface area contributed by atoms with E-state index in [0.717, 1.165) is 23.1 Å². The zero-order valence-corrected chi connectivity index (χ0v) is 15.9. The Balaban J connectivity index is 2.19. The largest absolute Gasteiger partial charge is 0.354 e. The monoisotopic (exact) mass is 352 g/mol. The Morgan fingerprint density at radius 3 is 2.35 bits per heavy atom. The molecule has 1 atom stereocenters. The van der Waals surface area contributed by atoms with E-state index in [1.54, 1.807) is 11.8 Å². The average Bonchev–Trinajstić information content (AvgIpc) is 2.66. The number of amides is 2. The van der Waals surface area contributed by atoms with Gasteiger partial charge in [0.1, 0.15) is 6.04 Å². The number of nitrogens with one attached hydrogen (secondary N) is 1. The van der Waals surface area contributed by atoms with Gasteiger partial charge in [0.05, 0.1) is 6.42 Å². The Morgan fingerprint density at radius 1 is 1.04 bits per heavy atom. The first-order valence-corrected chi connectivity index (χ1v) is 9.18. The first-order chi connectivity index (χ1) is 12.5. The van der Waals surface area contributed by atoms with E-state index in [9.17, 15) is 9.59 Å². The minimum atomic E-state index is -0.515. The number of hydrogen-bond donors (Lipinski definition) is 1. The summed E-state index contributed by atoms with van der Waals surface area (Å²) < 4.78 is 0. The molecule has 0 heterocycles. The molecular formula is C22H28N2O2. The molecule has 0 aliphatic rings. The SMILES string of the molecule is CCCNC(=O)[C@H](C)N(Cc1ccccc1)C(=O)Cc1ccccc1C. The average molecular weight is 352 g/mol. The van der Waals surface area contributed by atoms with Crippen LogP contribution in [0.3, 0.4) is 0 Å². The predicted molar refractivity (Wildman–Crippen MR) is 105 cm³/mol. The minimum absolute atomic E-state index is 0.0395. The van der Waals surface area contributed by atoms with Crippen molar-refractivity contribution in [3.63, 3.8) is 0 Å². The molecule has 0 fully saturated rings. The van der Waals surface area contributed by atoms with Gasteiger partial charge in [-0.25, -0.2) is 0 Å². The predicted octanol–water partition coefficient (Wildman–Crippen LogP) is 3.48. The molecule has 0 unspecified atom stereocenters. The van der Waals surface area contributed by atoms with Gasteiger partial charge in [0.15, 0.2) is 0 Å². The van der Waals surface area contributed by atoms with Gasteiger partial charge in [0, 0.05) is 13.1 Å². The second kappa shape index (κ2) is 9.76. The maximum absolute atomic E-state index is 13.0. The first kappa shape index (κ1) is 19.7. The fourth-order valence-corrected chi connectivity index (χ4v) is 2.83. The lowest BCUT2D eigenvalue weighted by Gasteiger charge is -2.29. The van der Waals surface area contributed by atoms with E-state index in [4.69, 9.17) is 0 Å². The molecule has 2 amide bonds. The van der Waals surface area contributed by atoms with Crippen LogP contribution in [0.15, 0.2) is 54.6 Å². The second-order valence-corrected chi connectivity index (χ2v) is 6.58. The van der Waals surface area contributed by atoms with Gasteiger partial charge >= 0.3 is 0 Å². The Labute approximate surface area is 156 Å². The molecule has 0 aliphatic carbocycles. The highest BCUT2D eigenvalue weighted by Crippen LogP contribution is 2.14. The summed E-state index contributed by atoms with van der Waals surface area (Å²) >= 11 is 0. The highest BCUT2D eigenvalue weighted by atomic mass is 16.2. The molecule has 138 valence electrons. The molecule has 26 heavy (non-hydrogen) atoms. The van der Waals surface area contributed by atoms with E-state index in [-0.39, 0.29) is 11.8 Å². The van der Waals surface area contributed by atoms with Crippen LogP contribution < -0.4 is 5.32 Å². The summed E-state index contributed by atoms with van der Waals surface area (Å²) in [5.74, 6) is -0.150. The Hall–Kier alpha value is -2.62. The minimum Gasteiger partial charge on any atom is -0.354 e. The molecule has 0 saturated carbocycles. The molecule has 0 radical (unpaired) electrons. The third kappa shape index (κ3) is 5.45. The third-order valence-corrected chi connectivity index (χ3v) is 4.52. The molecule has 4 heteroatoms. The van der Waals surface area contributed by atoms with Crippen LogP contribution in [0, 0.1) is 6.92 Å². The molecule has 4 nitrogen and oxygen atoms in total. The number of benzene rings is 2. The van der Waals surface area contributed by atoms with E-state index >= 15 is 0 Å². The van der Waals surface area contributed by atoms with Crippen molar-refractivity contribution < 1.29 is 9.59 Å². The van der Waals surface area contributed by atoms with Gasteiger partial charge in [0.2, 0.25) is 11.8 Å². The lowest BCUT2D eigenvalue weighted by Crippen LogP contribution is -2.48. The zero-order chi connectivity index (χ0) is 18.9. The number of rotatable bonds is 8. The van der Waals surface area contributed by atoms with Gasteiger partial charge in [-0.15, -0.1) is 0 Å². The molecule has 1 N–H and O–H groups in total. The molecule has 0 bridgehead atoms. The second-order valence-electron chi connectivity index (χ2n) is 6.58.